The fraction of sp³-hybridized carbons (Fsp3) is 0.222. The summed E-state index contributed by atoms with van der Waals surface area (Å²) in [5, 5.41) is 0. The quantitative estimate of drug-likeness (QED) is 0.428. The van der Waals surface area contributed by atoms with Gasteiger partial charge in [-0.2, -0.15) is 4.89 Å². The van der Waals surface area contributed by atoms with E-state index < -0.39 is 5.97 Å². The monoisotopic (exact) mass is 283 g/mol. The summed E-state index contributed by atoms with van der Waals surface area (Å²) in [5.74, 6) is -0.468. The first-order chi connectivity index (χ1) is 10.3. The van der Waals surface area contributed by atoms with Gasteiger partial charge in [0.2, 0.25) is 0 Å². The molecule has 0 aliphatic heterocycles. The third-order valence-corrected chi connectivity index (χ3v) is 3.09. The zero-order valence-corrected chi connectivity index (χ0v) is 12.0. The third-order valence-electron chi connectivity index (χ3n) is 3.09. The van der Waals surface area contributed by atoms with Crippen molar-refractivity contribution >= 4 is 5.97 Å². The zero-order chi connectivity index (χ0) is 14.9. The Hall–Kier alpha value is -2.13. The Kier molecular flexibility index (Phi) is 5.98. The van der Waals surface area contributed by atoms with E-state index in [9.17, 15) is 4.79 Å². The maximum atomic E-state index is 12.1. The number of rotatable bonds is 7. The lowest BCUT2D eigenvalue weighted by Crippen LogP contribution is -2.08. The van der Waals surface area contributed by atoms with Crippen molar-refractivity contribution in [2.24, 2.45) is 0 Å². The van der Waals surface area contributed by atoms with E-state index >= 15 is 0 Å². The summed E-state index contributed by atoms with van der Waals surface area (Å²) >= 11 is 0. The van der Waals surface area contributed by atoms with E-state index in [1.807, 2.05) is 48.5 Å². The Morgan fingerprint density at radius 1 is 0.952 bits per heavy atom. The largest absolute Gasteiger partial charge is 0.373 e. The standard InChI is InChI=1S/C18H19O3/c1-2-3-9-14-20-21-18(19)17-13-8-7-12-16(17)15-10-5-4-6-11-15/h4-8,10-13H,1-3,9,14H2. The lowest BCUT2D eigenvalue weighted by atomic mass is 10.00. The van der Waals surface area contributed by atoms with Gasteiger partial charge in [-0.3, -0.25) is 4.89 Å². The van der Waals surface area contributed by atoms with Gasteiger partial charge in [0.15, 0.2) is 0 Å². The summed E-state index contributed by atoms with van der Waals surface area (Å²) < 4.78 is 0. The molecule has 0 unspecified atom stereocenters. The van der Waals surface area contributed by atoms with E-state index in [0.717, 1.165) is 30.4 Å². The first kappa shape index (κ1) is 15.3. The van der Waals surface area contributed by atoms with Crippen LogP contribution in [0.15, 0.2) is 54.6 Å². The molecule has 0 bridgehead atoms. The van der Waals surface area contributed by atoms with Crippen molar-refractivity contribution in [3.63, 3.8) is 0 Å². The Morgan fingerprint density at radius 3 is 2.43 bits per heavy atom. The van der Waals surface area contributed by atoms with Crippen LogP contribution in [0.3, 0.4) is 0 Å². The van der Waals surface area contributed by atoms with Crippen LogP contribution in [0.1, 0.15) is 29.6 Å². The van der Waals surface area contributed by atoms with Gasteiger partial charge in [-0.05, 0) is 23.6 Å². The fourth-order valence-electron chi connectivity index (χ4n) is 2.01. The molecule has 0 aromatic heterocycles. The molecule has 0 saturated heterocycles. The highest BCUT2D eigenvalue weighted by atomic mass is 17.2. The van der Waals surface area contributed by atoms with Gasteiger partial charge in [0.1, 0.15) is 0 Å². The van der Waals surface area contributed by atoms with Crippen molar-refractivity contribution in [1.82, 2.24) is 0 Å². The minimum Gasteiger partial charge on any atom is -0.293 e. The average Bonchev–Trinajstić information content (AvgIpc) is 2.55. The molecule has 2 rings (SSSR count). The molecule has 0 spiro atoms. The van der Waals surface area contributed by atoms with Gasteiger partial charge >= 0.3 is 5.97 Å². The van der Waals surface area contributed by atoms with Gasteiger partial charge < -0.3 is 0 Å². The molecular formula is C18H19O3. The van der Waals surface area contributed by atoms with Crippen LogP contribution in [0.25, 0.3) is 11.1 Å². The second-order valence-electron chi connectivity index (χ2n) is 4.67. The number of carbonyl (C=O) groups excluding carboxylic acids is 1. The highest BCUT2D eigenvalue weighted by Gasteiger charge is 2.14. The number of unbranched alkanes of at least 4 members (excludes halogenated alkanes) is 2. The average molecular weight is 283 g/mol. The number of hydrogen-bond acceptors (Lipinski definition) is 3. The molecule has 109 valence electrons. The SMILES string of the molecule is [CH2]CCCCOOC(=O)c1ccccc1-c1ccccc1. The molecule has 0 saturated carbocycles. The molecule has 3 nitrogen and oxygen atoms in total. The highest BCUT2D eigenvalue weighted by molar-refractivity contribution is 5.96. The smallest absolute Gasteiger partial charge is 0.293 e. The van der Waals surface area contributed by atoms with Gasteiger partial charge in [0.05, 0.1) is 12.2 Å². The third kappa shape index (κ3) is 4.43. The van der Waals surface area contributed by atoms with Crippen LogP contribution >= 0.6 is 0 Å². The van der Waals surface area contributed by atoms with E-state index in [1.165, 1.54) is 0 Å². The van der Waals surface area contributed by atoms with Gasteiger partial charge in [-0.25, -0.2) is 4.79 Å². The van der Waals surface area contributed by atoms with Crippen molar-refractivity contribution in [2.45, 2.75) is 19.3 Å². The summed E-state index contributed by atoms with van der Waals surface area (Å²) in [4.78, 5) is 22.0. The summed E-state index contributed by atoms with van der Waals surface area (Å²) in [7, 11) is 0. The number of benzene rings is 2. The number of carbonyl (C=O) groups is 1. The minimum atomic E-state index is -0.468. The van der Waals surface area contributed by atoms with E-state index in [2.05, 4.69) is 6.92 Å². The van der Waals surface area contributed by atoms with Crippen LogP contribution in [-0.2, 0) is 9.78 Å². The summed E-state index contributed by atoms with van der Waals surface area (Å²) in [6.45, 7) is 4.15. The van der Waals surface area contributed by atoms with Gasteiger partial charge in [0, 0.05) is 0 Å². The molecule has 0 fully saturated rings. The van der Waals surface area contributed by atoms with Crippen molar-refractivity contribution in [3.05, 3.63) is 67.1 Å². The predicted molar refractivity (Wildman–Crippen MR) is 82.5 cm³/mol. The van der Waals surface area contributed by atoms with Crippen molar-refractivity contribution in [1.29, 1.82) is 0 Å². The van der Waals surface area contributed by atoms with Crippen molar-refractivity contribution in [2.75, 3.05) is 6.61 Å². The molecule has 21 heavy (non-hydrogen) atoms. The predicted octanol–water partition coefficient (Wildman–Crippen LogP) is 4.45. The molecule has 0 amide bonds. The lowest BCUT2D eigenvalue weighted by Gasteiger charge is -2.08. The molecule has 2 aromatic carbocycles. The Bertz CT molecular complexity index is 564. The van der Waals surface area contributed by atoms with Gasteiger partial charge in [-0.15, -0.1) is 0 Å². The molecular weight excluding hydrogens is 264 g/mol. The van der Waals surface area contributed by atoms with E-state index in [1.54, 1.807) is 6.07 Å². The van der Waals surface area contributed by atoms with Crippen LogP contribution in [0, 0.1) is 6.92 Å². The van der Waals surface area contributed by atoms with Crippen molar-refractivity contribution in [3.8, 4) is 11.1 Å². The fourth-order valence-corrected chi connectivity index (χ4v) is 2.01. The number of hydrogen-bond donors (Lipinski definition) is 0. The minimum absolute atomic E-state index is 0.398. The molecule has 3 heteroatoms. The molecule has 0 aliphatic rings. The molecule has 2 aromatic rings. The first-order valence-electron chi connectivity index (χ1n) is 7.10. The van der Waals surface area contributed by atoms with Crippen LogP contribution in [-0.4, -0.2) is 12.6 Å². The maximum Gasteiger partial charge on any atom is 0.373 e. The maximum absolute atomic E-state index is 12.1. The molecule has 1 radical (unpaired) electrons. The Balaban J connectivity index is 2.04. The van der Waals surface area contributed by atoms with E-state index in [0.29, 0.717) is 12.2 Å². The van der Waals surface area contributed by atoms with Gasteiger partial charge in [0.25, 0.3) is 0 Å². The van der Waals surface area contributed by atoms with Crippen LogP contribution in [0.2, 0.25) is 0 Å². The molecule has 0 N–H and O–H groups in total. The van der Waals surface area contributed by atoms with Crippen molar-refractivity contribution < 1.29 is 14.6 Å². The molecule has 0 atom stereocenters. The van der Waals surface area contributed by atoms with Gasteiger partial charge in [-0.1, -0.05) is 68.3 Å². The van der Waals surface area contributed by atoms with E-state index in [4.69, 9.17) is 9.78 Å². The van der Waals surface area contributed by atoms with E-state index in [-0.39, 0.29) is 0 Å². The Morgan fingerprint density at radius 2 is 1.67 bits per heavy atom. The molecule has 0 heterocycles. The second-order valence-corrected chi connectivity index (χ2v) is 4.67. The molecule has 0 aliphatic carbocycles. The lowest BCUT2D eigenvalue weighted by molar-refractivity contribution is -0.241. The second kappa shape index (κ2) is 8.22. The first-order valence-corrected chi connectivity index (χ1v) is 7.10. The highest BCUT2D eigenvalue weighted by Crippen LogP contribution is 2.24. The topological polar surface area (TPSA) is 35.5 Å². The summed E-state index contributed by atoms with van der Waals surface area (Å²) in [6.07, 6.45) is 2.64. The Labute approximate surface area is 125 Å². The summed E-state index contributed by atoms with van der Waals surface area (Å²) in [6, 6.07) is 17.1. The van der Waals surface area contributed by atoms with Crippen LogP contribution in [0.5, 0.6) is 0 Å². The summed E-state index contributed by atoms with van der Waals surface area (Å²) in [5.41, 5.74) is 2.31. The normalized spacial score (nSPS) is 10.3. The van der Waals surface area contributed by atoms with Crippen LogP contribution < -0.4 is 0 Å². The van der Waals surface area contributed by atoms with Crippen LogP contribution in [0.4, 0.5) is 0 Å². The zero-order valence-electron chi connectivity index (χ0n) is 12.0.